The highest BCUT2D eigenvalue weighted by molar-refractivity contribution is 7.99. The molecule has 2 unspecified atom stereocenters. The Labute approximate surface area is 127 Å². The van der Waals surface area contributed by atoms with E-state index in [1.807, 2.05) is 0 Å². The van der Waals surface area contributed by atoms with Crippen LogP contribution in [-0.2, 0) is 0 Å². The van der Waals surface area contributed by atoms with Crippen LogP contribution in [0.2, 0.25) is 0 Å². The molecular weight excluding hydrogens is 268 g/mol. The van der Waals surface area contributed by atoms with Gasteiger partial charge in [-0.15, -0.1) is 0 Å². The molecular formula is C16H30N2OS. The van der Waals surface area contributed by atoms with Crippen molar-refractivity contribution in [1.29, 1.82) is 0 Å². The Kier molecular flexibility index (Phi) is 5.66. The topological polar surface area (TPSA) is 35.5 Å². The molecule has 3 rings (SSSR count). The van der Waals surface area contributed by atoms with Crippen LogP contribution in [0.25, 0.3) is 0 Å². The first-order valence-electron chi connectivity index (χ1n) is 8.59. The molecule has 2 N–H and O–H groups in total. The summed E-state index contributed by atoms with van der Waals surface area (Å²) in [5.41, 5.74) is 0. The third-order valence-corrected chi connectivity index (χ3v) is 6.43. The van der Waals surface area contributed by atoms with Gasteiger partial charge in [0.15, 0.2) is 0 Å². The maximum atomic E-state index is 10.2. The van der Waals surface area contributed by atoms with Crippen LogP contribution in [0, 0.1) is 0 Å². The van der Waals surface area contributed by atoms with Gasteiger partial charge in [0.2, 0.25) is 0 Å². The summed E-state index contributed by atoms with van der Waals surface area (Å²) >= 11 is 2.10. The fourth-order valence-electron chi connectivity index (χ4n) is 4.11. The van der Waals surface area contributed by atoms with E-state index in [1.165, 1.54) is 69.5 Å². The standard InChI is InChI=1S/C16H30N2OS/c19-16-4-2-1-3-15(16)18-9-5-13(6-10-18)17-14-7-11-20-12-8-14/h13-17,19H,1-12H2. The van der Waals surface area contributed by atoms with Crippen molar-refractivity contribution in [1.82, 2.24) is 10.2 Å². The van der Waals surface area contributed by atoms with Crippen LogP contribution in [0.1, 0.15) is 51.4 Å². The maximum absolute atomic E-state index is 10.2. The summed E-state index contributed by atoms with van der Waals surface area (Å²) in [4.78, 5) is 2.57. The zero-order chi connectivity index (χ0) is 13.8. The zero-order valence-corrected chi connectivity index (χ0v) is 13.4. The van der Waals surface area contributed by atoms with Crippen molar-refractivity contribution in [3.8, 4) is 0 Å². The molecule has 2 aliphatic heterocycles. The Hall–Kier alpha value is 0.230. The fourth-order valence-corrected chi connectivity index (χ4v) is 5.22. The first-order valence-corrected chi connectivity index (χ1v) is 9.74. The fraction of sp³-hybridized carbons (Fsp3) is 1.00. The Balaban J connectivity index is 1.42. The second kappa shape index (κ2) is 7.48. The number of rotatable bonds is 3. The van der Waals surface area contributed by atoms with E-state index in [0.29, 0.717) is 6.04 Å². The Morgan fingerprint density at radius 1 is 0.850 bits per heavy atom. The maximum Gasteiger partial charge on any atom is 0.0695 e. The van der Waals surface area contributed by atoms with E-state index in [-0.39, 0.29) is 6.10 Å². The van der Waals surface area contributed by atoms with Crippen LogP contribution in [-0.4, -0.2) is 58.8 Å². The van der Waals surface area contributed by atoms with Crippen molar-refractivity contribution in [3.63, 3.8) is 0 Å². The highest BCUT2D eigenvalue weighted by atomic mass is 32.2. The summed E-state index contributed by atoms with van der Waals surface area (Å²) in [5.74, 6) is 2.68. The predicted octanol–water partition coefficient (Wildman–Crippen LogP) is 2.24. The summed E-state index contributed by atoms with van der Waals surface area (Å²) in [6, 6.07) is 1.95. The molecule has 3 aliphatic rings. The smallest absolute Gasteiger partial charge is 0.0695 e. The first kappa shape index (κ1) is 15.1. The van der Waals surface area contributed by atoms with E-state index in [9.17, 15) is 5.11 Å². The SMILES string of the molecule is OC1CCCCC1N1CCC(NC2CCSCC2)CC1. The van der Waals surface area contributed by atoms with Gasteiger partial charge in [0, 0.05) is 31.2 Å². The highest BCUT2D eigenvalue weighted by Gasteiger charge is 2.31. The molecule has 20 heavy (non-hydrogen) atoms. The minimum Gasteiger partial charge on any atom is -0.391 e. The molecule has 0 aromatic carbocycles. The van der Waals surface area contributed by atoms with Crippen LogP contribution in [0.15, 0.2) is 0 Å². The third-order valence-electron chi connectivity index (χ3n) is 5.39. The van der Waals surface area contributed by atoms with E-state index in [1.54, 1.807) is 0 Å². The van der Waals surface area contributed by atoms with Crippen LogP contribution in [0.3, 0.4) is 0 Å². The van der Waals surface area contributed by atoms with Crippen molar-refractivity contribution >= 4 is 11.8 Å². The molecule has 2 saturated heterocycles. The number of nitrogens with one attached hydrogen (secondary N) is 1. The molecule has 3 nitrogen and oxygen atoms in total. The molecule has 0 bridgehead atoms. The van der Waals surface area contributed by atoms with Gasteiger partial charge < -0.3 is 10.4 Å². The molecule has 0 spiro atoms. The van der Waals surface area contributed by atoms with Gasteiger partial charge in [-0.2, -0.15) is 11.8 Å². The normalized spacial score (nSPS) is 35.2. The van der Waals surface area contributed by atoms with Crippen LogP contribution in [0.5, 0.6) is 0 Å². The van der Waals surface area contributed by atoms with Crippen LogP contribution in [0.4, 0.5) is 0 Å². The quantitative estimate of drug-likeness (QED) is 0.838. The number of hydrogen-bond acceptors (Lipinski definition) is 4. The average molecular weight is 298 g/mol. The summed E-state index contributed by atoms with van der Waals surface area (Å²) in [7, 11) is 0. The van der Waals surface area contributed by atoms with Gasteiger partial charge in [-0.05, 0) is 50.0 Å². The first-order chi connectivity index (χ1) is 9.83. The molecule has 3 fully saturated rings. The number of aliphatic hydroxyl groups is 1. The van der Waals surface area contributed by atoms with Crippen molar-refractivity contribution < 1.29 is 5.11 Å². The monoisotopic (exact) mass is 298 g/mol. The lowest BCUT2D eigenvalue weighted by atomic mass is 9.89. The van der Waals surface area contributed by atoms with Gasteiger partial charge in [-0.3, -0.25) is 4.90 Å². The van der Waals surface area contributed by atoms with Crippen molar-refractivity contribution in [2.24, 2.45) is 0 Å². The number of nitrogens with zero attached hydrogens (tertiary/aromatic N) is 1. The summed E-state index contributed by atoms with van der Waals surface area (Å²) in [6.07, 6.45) is 9.93. The Bertz CT molecular complexity index is 288. The van der Waals surface area contributed by atoms with Gasteiger partial charge in [0.05, 0.1) is 6.10 Å². The molecule has 0 radical (unpaired) electrons. The molecule has 116 valence electrons. The summed E-state index contributed by atoms with van der Waals surface area (Å²) < 4.78 is 0. The zero-order valence-electron chi connectivity index (χ0n) is 12.6. The molecule has 0 aromatic rings. The minimum absolute atomic E-state index is 0.0661. The number of aliphatic hydroxyl groups excluding tert-OH is 1. The molecule has 4 heteroatoms. The lowest BCUT2D eigenvalue weighted by molar-refractivity contribution is 0.00656. The average Bonchev–Trinajstić information content (AvgIpc) is 2.50. The lowest BCUT2D eigenvalue weighted by Gasteiger charge is -2.42. The van der Waals surface area contributed by atoms with Crippen molar-refractivity contribution in [3.05, 3.63) is 0 Å². The van der Waals surface area contributed by atoms with Gasteiger partial charge in [0.1, 0.15) is 0 Å². The van der Waals surface area contributed by atoms with E-state index >= 15 is 0 Å². The predicted molar refractivity (Wildman–Crippen MR) is 86.3 cm³/mol. The third kappa shape index (κ3) is 3.90. The number of hydrogen-bond donors (Lipinski definition) is 2. The Morgan fingerprint density at radius 3 is 2.20 bits per heavy atom. The number of piperidine rings is 1. The minimum atomic E-state index is -0.0661. The number of likely N-dealkylation sites (tertiary alicyclic amines) is 1. The summed E-state index contributed by atoms with van der Waals surface area (Å²) in [6.45, 7) is 2.36. The van der Waals surface area contributed by atoms with Crippen LogP contribution >= 0.6 is 11.8 Å². The van der Waals surface area contributed by atoms with Gasteiger partial charge >= 0.3 is 0 Å². The molecule has 1 saturated carbocycles. The highest BCUT2D eigenvalue weighted by Crippen LogP contribution is 2.26. The van der Waals surface area contributed by atoms with E-state index < -0.39 is 0 Å². The van der Waals surface area contributed by atoms with E-state index in [4.69, 9.17) is 0 Å². The molecule has 0 amide bonds. The largest absolute Gasteiger partial charge is 0.391 e. The molecule has 2 heterocycles. The molecule has 1 aliphatic carbocycles. The van der Waals surface area contributed by atoms with Crippen LogP contribution < -0.4 is 5.32 Å². The molecule has 2 atom stereocenters. The molecule has 0 aromatic heterocycles. The van der Waals surface area contributed by atoms with E-state index in [0.717, 1.165) is 18.5 Å². The Morgan fingerprint density at radius 2 is 1.50 bits per heavy atom. The van der Waals surface area contributed by atoms with Gasteiger partial charge in [-0.25, -0.2) is 0 Å². The summed E-state index contributed by atoms with van der Waals surface area (Å²) in [5, 5.41) is 14.1. The second-order valence-electron chi connectivity index (χ2n) is 6.78. The van der Waals surface area contributed by atoms with Crippen molar-refractivity contribution in [2.75, 3.05) is 24.6 Å². The number of thioether (sulfide) groups is 1. The van der Waals surface area contributed by atoms with Crippen molar-refractivity contribution in [2.45, 2.75) is 75.6 Å². The van der Waals surface area contributed by atoms with Gasteiger partial charge in [-0.1, -0.05) is 12.8 Å². The lowest BCUT2D eigenvalue weighted by Crippen LogP contribution is -2.53. The van der Waals surface area contributed by atoms with E-state index in [2.05, 4.69) is 22.0 Å². The van der Waals surface area contributed by atoms with Gasteiger partial charge in [0.25, 0.3) is 0 Å². The second-order valence-corrected chi connectivity index (χ2v) is 8.01.